The van der Waals surface area contributed by atoms with Crippen molar-refractivity contribution in [1.82, 2.24) is 20.1 Å². The summed E-state index contributed by atoms with van der Waals surface area (Å²) in [6.45, 7) is 2.85. The van der Waals surface area contributed by atoms with E-state index in [0.29, 0.717) is 0 Å². The Kier molecular flexibility index (Phi) is 4.79. The van der Waals surface area contributed by atoms with Crippen LogP contribution in [-0.2, 0) is 19.5 Å². The number of nitrogens with zero attached hydrogens (tertiary/aromatic N) is 3. The topological polar surface area (TPSA) is 55.9 Å². The Bertz CT molecular complexity index is 743. The molecule has 0 saturated heterocycles. The van der Waals surface area contributed by atoms with Crippen molar-refractivity contribution in [2.45, 2.75) is 25.9 Å². The van der Waals surface area contributed by atoms with Crippen LogP contribution in [0.25, 0.3) is 11.5 Å². The van der Waals surface area contributed by atoms with Gasteiger partial charge in [-0.15, -0.1) is 12.4 Å². The van der Waals surface area contributed by atoms with Gasteiger partial charge < -0.3 is 9.73 Å². The number of fused-ring (bicyclic) bond motifs is 1. The molecule has 5 nitrogen and oxygen atoms in total. The Morgan fingerprint density at radius 1 is 1.22 bits per heavy atom. The average Bonchev–Trinajstić information content (AvgIpc) is 3.10. The van der Waals surface area contributed by atoms with Crippen molar-refractivity contribution in [1.29, 1.82) is 0 Å². The first-order chi connectivity index (χ1) is 10.9. The maximum Gasteiger partial charge on any atom is 0.181 e. The number of hydrogen-bond acceptors (Lipinski definition) is 4. The number of benzene rings is 1. The fourth-order valence-electron chi connectivity index (χ4n) is 2.87. The number of nitrogens with one attached hydrogen (secondary N) is 1. The van der Waals surface area contributed by atoms with Gasteiger partial charge in [0.25, 0.3) is 0 Å². The maximum absolute atomic E-state index is 5.62. The van der Waals surface area contributed by atoms with Crippen LogP contribution >= 0.6 is 12.4 Å². The predicted molar refractivity (Wildman–Crippen MR) is 90.5 cm³/mol. The van der Waals surface area contributed by atoms with Gasteiger partial charge in [-0.1, -0.05) is 30.3 Å². The highest BCUT2D eigenvalue weighted by Crippen LogP contribution is 2.25. The molecule has 1 aliphatic heterocycles. The fourth-order valence-corrected chi connectivity index (χ4v) is 2.87. The number of hydrogen-bond donors (Lipinski definition) is 1. The van der Waals surface area contributed by atoms with Crippen molar-refractivity contribution in [3.05, 3.63) is 59.7 Å². The maximum atomic E-state index is 5.62. The van der Waals surface area contributed by atoms with E-state index in [4.69, 9.17) is 9.52 Å². The summed E-state index contributed by atoms with van der Waals surface area (Å²) in [6, 6.07) is 12.4. The van der Waals surface area contributed by atoms with Crippen molar-refractivity contribution < 1.29 is 4.42 Å². The SMILES string of the molecule is Cl.c1ccc(Cc2ncoc2-c2cc3n(n2)CCCNC3)cc1. The molecule has 0 saturated carbocycles. The Labute approximate surface area is 141 Å². The van der Waals surface area contributed by atoms with Gasteiger partial charge in [0.2, 0.25) is 0 Å². The lowest BCUT2D eigenvalue weighted by atomic mass is 10.1. The molecule has 0 amide bonds. The molecule has 1 N–H and O–H groups in total. The summed E-state index contributed by atoms with van der Waals surface area (Å²) < 4.78 is 7.70. The van der Waals surface area contributed by atoms with Gasteiger partial charge in [0, 0.05) is 19.5 Å². The normalized spacial score (nSPS) is 13.9. The highest BCUT2D eigenvalue weighted by atomic mass is 35.5. The number of rotatable bonds is 3. The minimum atomic E-state index is 0. The van der Waals surface area contributed by atoms with Crippen LogP contribution in [0.15, 0.2) is 47.2 Å². The third-order valence-corrected chi connectivity index (χ3v) is 3.98. The molecule has 4 rings (SSSR count). The Morgan fingerprint density at radius 2 is 2.09 bits per heavy atom. The van der Waals surface area contributed by atoms with Crippen LogP contribution in [0.1, 0.15) is 23.4 Å². The number of oxazole rings is 1. The summed E-state index contributed by atoms with van der Waals surface area (Å²) >= 11 is 0. The van der Waals surface area contributed by atoms with Crippen LogP contribution in [0.4, 0.5) is 0 Å². The number of aryl methyl sites for hydroxylation is 1. The Balaban J connectivity index is 0.00000156. The van der Waals surface area contributed by atoms with Gasteiger partial charge in [-0.25, -0.2) is 4.98 Å². The van der Waals surface area contributed by atoms with Crippen LogP contribution in [-0.4, -0.2) is 21.3 Å². The number of aromatic nitrogens is 3. The third-order valence-electron chi connectivity index (χ3n) is 3.98. The van der Waals surface area contributed by atoms with Crippen molar-refractivity contribution in [3.63, 3.8) is 0 Å². The first kappa shape index (κ1) is 15.8. The summed E-state index contributed by atoms with van der Waals surface area (Å²) in [4.78, 5) is 4.38. The molecule has 0 unspecified atom stereocenters. The highest BCUT2D eigenvalue weighted by molar-refractivity contribution is 5.85. The molecule has 0 aliphatic carbocycles. The van der Waals surface area contributed by atoms with Crippen LogP contribution in [0.5, 0.6) is 0 Å². The quantitative estimate of drug-likeness (QED) is 0.802. The van der Waals surface area contributed by atoms with Gasteiger partial charge in [0.15, 0.2) is 12.2 Å². The van der Waals surface area contributed by atoms with Gasteiger partial charge in [-0.05, 0) is 24.6 Å². The Hall–Kier alpha value is -2.11. The molecule has 6 heteroatoms. The summed E-state index contributed by atoms with van der Waals surface area (Å²) in [5.41, 5.74) is 4.24. The average molecular weight is 331 g/mol. The summed E-state index contributed by atoms with van der Waals surface area (Å²) in [5, 5.41) is 8.11. The van der Waals surface area contributed by atoms with Crippen molar-refractivity contribution in [2.75, 3.05) is 6.54 Å². The van der Waals surface area contributed by atoms with Gasteiger partial charge in [0.05, 0.1) is 11.4 Å². The second-order valence-electron chi connectivity index (χ2n) is 5.56. The first-order valence-electron chi connectivity index (χ1n) is 7.64. The van der Waals surface area contributed by atoms with Gasteiger partial charge in [0.1, 0.15) is 5.69 Å². The largest absolute Gasteiger partial charge is 0.441 e. The zero-order valence-electron chi connectivity index (χ0n) is 12.7. The van der Waals surface area contributed by atoms with Crippen molar-refractivity contribution >= 4 is 12.4 Å². The molecule has 23 heavy (non-hydrogen) atoms. The van der Waals surface area contributed by atoms with E-state index >= 15 is 0 Å². The van der Waals surface area contributed by atoms with Crippen molar-refractivity contribution in [3.8, 4) is 11.5 Å². The van der Waals surface area contributed by atoms with E-state index < -0.39 is 0 Å². The Morgan fingerprint density at radius 3 is 2.96 bits per heavy atom. The van der Waals surface area contributed by atoms with E-state index in [1.54, 1.807) is 0 Å². The van der Waals surface area contributed by atoms with E-state index in [0.717, 1.165) is 49.6 Å². The lowest BCUT2D eigenvalue weighted by molar-refractivity contribution is 0.558. The molecule has 0 bridgehead atoms. The van der Waals surface area contributed by atoms with Gasteiger partial charge in [-0.3, -0.25) is 4.68 Å². The molecule has 3 aromatic rings. The number of halogens is 1. The minimum Gasteiger partial charge on any atom is -0.441 e. The molecule has 0 atom stereocenters. The zero-order chi connectivity index (χ0) is 14.8. The standard InChI is InChI=1S/C17H18N4O.ClH/c1-2-5-13(6-3-1)9-15-17(22-12-19-15)16-10-14-11-18-7-4-8-21(14)20-16;/h1-3,5-6,10,12,18H,4,7-9,11H2;1H. The van der Waals surface area contributed by atoms with Gasteiger partial charge >= 0.3 is 0 Å². The molecular formula is C17H19ClN4O. The van der Waals surface area contributed by atoms with E-state index in [1.807, 2.05) is 18.2 Å². The lowest BCUT2D eigenvalue weighted by Gasteiger charge is -2.00. The molecule has 0 spiro atoms. The molecule has 2 aromatic heterocycles. The van der Waals surface area contributed by atoms with Crippen LogP contribution < -0.4 is 5.32 Å². The summed E-state index contributed by atoms with van der Waals surface area (Å²) in [5.74, 6) is 0.782. The molecule has 1 aromatic carbocycles. The van der Waals surface area contributed by atoms with Gasteiger partial charge in [-0.2, -0.15) is 5.10 Å². The monoisotopic (exact) mass is 330 g/mol. The van der Waals surface area contributed by atoms with Crippen LogP contribution in [0, 0.1) is 0 Å². The van der Waals surface area contributed by atoms with E-state index in [9.17, 15) is 0 Å². The molecule has 1 aliphatic rings. The van der Waals surface area contributed by atoms with E-state index in [1.165, 1.54) is 17.7 Å². The molecular weight excluding hydrogens is 312 g/mol. The third kappa shape index (κ3) is 3.30. The van der Waals surface area contributed by atoms with E-state index in [2.05, 4.69) is 33.2 Å². The molecule has 0 radical (unpaired) electrons. The predicted octanol–water partition coefficient (Wildman–Crippen LogP) is 3.04. The first-order valence-corrected chi connectivity index (χ1v) is 7.64. The molecule has 0 fully saturated rings. The van der Waals surface area contributed by atoms with Crippen LogP contribution in [0.3, 0.4) is 0 Å². The summed E-state index contributed by atoms with van der Waals surface area (Å²) in [6.07, 6.45) is 3.37. The second-order valence-corrected chi connectivity index (χ2v) is 5.56. The minimum absolute atomic E-state index is 0. The zero-order valence-corrected chi connectivity index (χ0v) is 13.6. The molecule has 3 heterocycles. The summed E-state index contributed by atoms with van der Waals surface area (Å²) in [7, 11) is 0. The van der Waals surface area contributed by atoms with Crippen LogP contribution in [0.2, 0.25) is 0 Å². The lowest BCUT2D eigenvalue weighted by Crippen LogP contribution is -2.11. The highest BCUT2D eigenvalue weighted by Gasteiger charge is 2.18. The second kappa shape index (κ2) is 6.98. The fraction of sp³-hybridized carbons (Fsp3) is 0.294. The molecule has 120 valence electrons. The van der Waals surface area contributed by atoms with Crippen molar-refractivity contribution in [2.24, 2.45) is 0 Å². The van der Waals surface area contributed by atoms with E-state index in [-0.39, 0.29) is 12.4 Å². The smallest absolute Gasteiger partial charge is 0.181 e.